The Morgan fingerprint density at radius 3 is 1.29 bits per heavy atom. The van der Waals surface area contributed by atoms with Crippen molar-refractivity contribution < 1.29 is 19.0 Å². The quantitative estimate of drug-likeness (QED) is 0.578. The number of halogens is 2. The number of hydrogen-bond acceptors (Lipinski definition) is 2. The van der Waals surface area contributed by atoms with E-state index < -0.39 is 22.5 Å². The van der Waals surface area contributed by atoms with Crippen LogP contribution in [0.1, 0.15) is 49.9 Å². The minimum absolute atomic E-state index is 0.371. The van der Waals surface area contributed by atoms with Crippen LogP contribution in [0.3, 0.4) is 0 Å². The Morgan fingerprint density at radius 2 is 0.929 bits per heavy atom. The molecule has 0 radical (unpaired) electrons. The highest BCUT2D eigenvalue weighted by atomic mass is 19.1. The second-order valence-electron chi connectivity index (χ2n) is 8.16. The van der Waals surface area contributed by atoms with Gasteiger partial charge in [-0.15, -0.1) is 0 Å². The molecule has 146 valence electrons. The van der Waals surface area contributed by atoms with Gasteiger partial charge in [-0.3, -0.25) is 0 Å². The van der Waals surface area contributed by atoms with Gasteiger partial charge in [0.2, 0.25) is 0 Å². The molecule has 0 spiro atoms. The third-order valence-electron chi connectivity index (χ3n) is 5.64. The van der Waals surface area contributed by atoms with Gasteiger partial charge in [0.05, 0.1) is 0 Å². The van der Waals surface area contributed by atoms with Crippen LogP contribution >= 0.6 is 0 Å². The van der Waals surface area contributed by atoms with Crippen LogP contribution in [-0.4, -0.2) is 10.2 Å². The van der Waals surface area contributed by atoms with Crippen molar-refractivity contribution in [3.05, 3.63) is 94.6 Å². The molecule has 0 saturated carbocycles. The minimum Gasteiger partial charge on any atom is -0.505 e. The lowest BCUT2D eigenvalue weighted by Gasteiger charge is -2.31. The summed E-state index contributed by atoms with van der Waals surface area (Å²) in [6.45, 7) is 7.96. The third-order valence-corrected chi connectivity index (χ3v) is 5.64. The molecule has 0 bridgehead atoms. The summed E-state index contributed by atoms with van der Waals surface area (Å²) < 4.78 is 27.8. The Balaban J connectivity index is 2.05. The Labute approximate surface area is 164 Å². The Morgan fingerprint density at radius 1 is 0.571 bits per heavy atom. The monoisotopic (exact) mass is 382 g/mol. The predicted molar refractivity (Wildman–Crippen MR) is 107 cm³/mol. The van der Waals surface area contributed by atoms with Crippen LogP contribution in [0.4, 0.5) is 8.78 Å². The maximum absolute atomic E-state index is 13.9. The zero-order valence-corrected chi connectivity index (χ0v) is 16.4. The van der Waals surface area contributed by atoms with E-state index in [9.17, 15) is 19.0 Å². The van der Waals surface area contributed by atoms with E-state index in [0.717, 1.165) is 22.3 Å². The van der Waals surface area contributed by atoms with E-state index in [0.29, 0.717) is 0 Å². The predicted octanol–water partition coefficient (Wildman–Crippen LogP) is 6.03. The van der Waals surface area contributed by atoms with Crippen molar-refractivity contribution >= 4 is 0 Å². The van der Waals surface area contributed by atoms with Gasteiger partial charge in [-0.2, -0.15) is 0 Å². The van der Waals surface area contributed by atoms with Crippen molar-refractivity contribution in [3.63, 3.8) is 0 Å². The largest absolute Gasteiger partial charge is 0.505 e. The number of benzene rings is 3. The molecular formula is C24H24F2O2. The standard InChI is InChI=1S/C24H24F2O2/c1-23(2,17-8-10-21(27)19(25)13-17)15-6-5-7-16(12-15)24(3,4)18-9-11-22(28)20(26)14-18/h5-14,27-28H,1-4H3. The highest BCUT2D eigenvalue weighted by molar-refractivity contribution is 5.46. The molecule has 0 saturated heterocycles. The van der Waals surface area contributed by atoms with Gasteiger partial charge in [0.15, 0.2) is 23.1 Å². The van der Waals surface area contributed by atoms with E-state index in [2.05, 4.69) is 0 Å². The third kappa shape index (κ3) is 3.47. The zero-order chi connectivity index (χ0) is 20.7. The molecule has 0 fully saturated rings. The van der Waals surface area contributed by atoms with Crippen molar-refractivity contribution in [3.8, 4) is 11.5 Å². The molecule has 0 aliphatic heterocycles. The number of aromatic hydroxyl groups is 2. The van der Waals surface area contributed by atoms with Gasteiger partial charge in [0.25, 0.3) is 0 Å². The number of phenols is 2. The summed E-state index contributed by atoms with van der Waals surface area (Å²) >= 11 is 0. The maximum atomic E-state index is 13.9. The first-order chi connectivity index (χ1) is 13.0. The summed E-state index contributed by atoms with van der Waals surface area (Å²) in [5.74, 6) is -2.05. The lowest BCUT2D eigenvalue weighted by molar-refractivity contribution is 0.430. The van der Waals surface area contributed by atoms with E-state index in [1.165, 1.54) is 24.3 Å². The van der Waals surface area contributed by atoms with Gasteiger partial charge in [0, 0.05) is 10.8 Å². The lowest BCUT2D eigenvalue weighted by Crippen LogP contribution is -2.23. The van der Waals surface area contributed by atoms with Gasteiger partial charge < -0.3 is 10.2 Å². The molecule has 0 unspecified atom stereocenters. The van der Waals surface area contributed by atoms with Crippen LogP contribution < -0.4 is 0 Å². The molecule has 4 heteroatoms. The van der Waals surface area contributed by atoms with E-state index in [1.54, 1.807) is 12.1 Å². The highest BCUT2D eigenvalue weighted by Gasteiger charge is 2.28. The fourth-order valence-electron chi connectivity index (χ4n) is 3.42. The molecular weight excluding hydrogens is 358 g/mol. The molecule has 0 aliphatic carbocycles. The van der Waals surface area contributed by atoms with Gasteiger partial charge in [0.1, 0.15) is 0 Å². The van der Waals surface area contributed by atoms with Crippen molar-refractivity contribution in [1.82, 2.24) is 0 Å². The fraction of sp³-hybridized carbons (Fsp3) is 0.250. The smallest absolute Gasteiger partial charge is 0.165 e. The molecule has 28 heavy (non-hydrogen) atoms. The van der Waals surface area contributed by atoms with E-state index in [-0.39, 0.29) is 11.5 Å². The summed E-state index contributed by atoms with van der Waals surface area (Å²) in [5, 5.41) is 19.0. The van der Waals surface area contributed by atoms with Crippen molar-refractivity contribution in [2.75, 3.05) is 0 Å². The van der Waals surface area contributed by atoms with E-state index >= 15 is 0 Å². The molecule has 2 N–H and O–H groups in total. The molecule has 0 aromatic heterocycles. The van der Waals surface area contributed by atoms with Crippen molar-refractivity contribution in [1.29, 1.82) is 0 Å². The summed E-state index contributed by atoms with van der Waals surface area (Å²) in [7, 11) is 0. The molecule has 0 heterocycles. The first kappa shape index (κ1) is 19.9. The van der Waals surface area contributed by atoms with E-state index in [1.807, 2.05) is 52.0 Å². The maximum Gasteiger partial charge on any atom is 0.165 e. The average molecular weight is 382 g/mol. The second-order valence-corrected chi connectivity index (χ2v) is 8.16. The van der Waals surface area contributed by atoms with Crippen LogP contribution in [-0.2, 0) is 10.8 Å². The first-order valence-electron chi connectivity index (χ1n) is 9.12. The van der Waals surface area contributed by atoms with Crippen LogP contribution in [0.25, 0.3) is 0 Å². The first-order valence-corrected chi connectivity index (χ1v) is 9.12. The minimum atomic E-state index is -0.651. The summed E-state index contributed by atoms with van der Waals surface area (Å²) in [6, 6.07) is 16.8. The van der Waals surface area contributed by atoms with Crippen LogP contribution in [0.5, 0.6) is 11.5 Å². The van der Waals surface area contributed by atoms with Gasteiger partial charge in [-0.25, -0.2) is 8.78 Å². The van der Waals surface area contributed by atoms with Gasteiger partial charge in [-0.05, 0) is 46.5 Å². The highest BCUT2D eigenvalue weighted by Crippen LogP contribution is 2.38. The summed E-state index contributed by atoms with van der Waals surface area (Å²) in [6.07, 6.45) is 0. The number of rotatable bonds is 4. The molecule has 3 aromatic carbocycles. The van der Waals surface area contributed by atoms with Crippen LogP contribution in [0.15, 0.2) is 60.7 Å². The lowest BCUT2D eigenvalue weighted by atomic mass is 9.73. The summed E-state index contributed by atoms with van der Waals surface area (Å²) in [5.41, 5.74) is 2.44. The van der Waals surface area contributed by atoms with Crippen molar-refractivity contribution in [2.24, 2.45) is 0 Å². The Kier molecular flexibility index (Phi) is 4.92. The molecule has 0 atom stereocenters. The fourth-order valence-corrected chi connectivity index (χ4v) is 3.42. The topological polar surface area (TPSA) is 40.5 Å². The Hall–Kier alpha value is -2.88. The molecule has 0 aliphatic rings. The van der Waals surface area contributed by atoms with E-state index in [4.69, 9.17) is 0 Å². The zero-order valence-electron chi connectivity index (χ0n) is 16.4. The molecule has 3 aromatic rings. The van der Waals surface area contributed by atoms with Crippen LogP contribution in [0.2, 0.25) is 0 Å². The van der Waals surface area contributed by atoms with Crippen molar-refractivity contribution in [2.45, 2.75) is 38.5 Å². The van der Waals surface area contributed by atoms with Gasteiger partial charge >= 0.3 is 0 Å². The number of hydrogen-bond donors (Lipinski definition) is 2. The Bertz CT molecular complexity index is 944. The average Bonchev–Trinajstić information content (AvgIpc) is 2.66. The normalized spacial score (nSPS) is 12.2. The second kappa shape index (κ2) is 6.93. The molecule has 0 amide bonds. The number of phenolic OH excluding ortho intramolecular Hbond substituents is 2. The van der Waals surface area contributed by atoms with Crippen LogP contribution in [0, 0.1) is 11.6 Å². The summed E-state index contributed by atoms with van der Waals surface area (Å²) in [4.78, 5) is 0. The molecule has 3 rings (SSSR count). The van der Waals surface area contributed by atoms with Gasteiger partial charge in [-0.1, -0.05) is 64.1 Å². The molecule has 2 nitrogen and oxygen atoms in total. The SMILES string of the molecule is CC(C)(c1cccc(C(C)(C)c2ccc(O)c(F)c2)c1)c1ccc(O)c(F)c1.